The van der Waals surface area contributed by atoms with Gasteiger partial charge in [0.1, 0.15) is 11.6 Å². The molecule has 0 aromatic heterocycles. The number of nitrogens with one attached hydrogen (secondary N) is 3. The zero-order valence-corrected chi connectivity index (χ0v) is 19.9. The molecule has 1 saturated carbocycles. The Bertz CT molecular complexity index is 885. The summed E-state index contributed by atoms with van der Waals surface area (Å²) in [6, 6.07) is 12.7. The number of hydrogen-bond acceptors (Lipinski definition) is 2. The number of nitrogens with zero attached hydrogens (tertiary/aromatic N) is 1. The second-order valence-electron chi connectivity index (χ2n) is 7.57. The van der Waals surface area contributed by atoms with Gasteiger partial charge in [0.2, 0.25) is 5.91 Å². The minimum Gasteiger partial charge on any atom is -0.357 e. The quantitative estimate of drug-likeness (QED) is 0.197. The fourth-order valence-corrected chi connectivity index (χ4v) is 3.31. The molecule has 0 heterocycles. The molecule has 1 amide bonds. The van der Waals surface area contributed by atoms with Gasteiger partial charge in [-0.1, -0.05) is 24.3 Å². The highest BCUT2D eigenvalue weighted by Crippen LogP contribution is 2.48. The van der Waals surface area contributed by atoms with Crippen LogP contribution in [0.4, 0.5) is 8.78 Å². The first kappa shape index (κ1) is 25.0. The molecule has 0 spiro atoms. The average Bonchev–Trinajstić information content (AvgIpc) is 3.52. The van der Waals surface area contributed by atoms with Gasteiger partial charge in [-0.25, -0.2) is 8.78 Å². The summed E-state index contributed by atoms with van der Waals surface area (Å²) in [5, 5.41) is 9.25. The van der Waals surface area contributed by atoms with Crippen molar-refractivity contribution in [2.45, 2.75) is 31.6 Å². The summed E-state index contributed by atoms with van der Waals surface area (Å²) in [7, 11) is 0. The van der Waals surface area contributed by atoms with Gasteiger partial charge in [0.05, 0.1) is 13.0 Å². The number of amides is 1. The molecule has 1 aliphatic carbocycles. The number of hydrogen-bond donors (Lipinski definition) is 3. The van der Waals surface area contributed by atoms with E-state index in [2.05, 4.69) is 20.9 Å². The summed E-state index contributed by atoms with van der Waals surface area (Å²) in [5.74, 6) is 0.0227. The maximum Gasteiger partial charge on any atom is 0.224 e. The third kappa shape index (κ3) is 7.75. The molecule has 2 aromatic carbocycles. The second kappa shape index (κ2) is 12.0. The summed E-state index contributed by atoms with van der Waals surface area (Å²) < 4.78 is 26.5. The summed E-state index contributed by atoms with van der Waals surface area (Å²) in [4.78, 5) is 16.7. The van der Waals surface area contributed by atoms with E-state index in [1.54, 1.807) is 24.3 Å². The van der Waals surface area contributed by atoms with E-state index in [4.69, 9.17) is 0 Å². The molecule has 0 aliphatic heterocycles. The molecule has 1 fully saturated rings. The molecule has 8 heteroatoms. The van der Waals surface area contributed by atoms with Gasteiger partial charge in [-0.2, -0.15) is 0 Å². The molecule has 0 saturated heterocycles. The van der Waals surface area contributed by atoms with Crippen molar-refractivity contribution in [3.05, 3.63) is 71.3 Å². The maximum atomic E-state index is 13.6. The maximum absolute atomic E-state index is 13.6. The van der Waals surface area contributed by atoms with Crippen LogP contribution in [0.15, 0.2) is 53.5 Å². The van der Waals surface area contributed by atoms with Crippen LogP contribution in [-0.2, 0) is 16.6 Å². The first-order chi connectivity index (χ1) is 14.5. The Kier molecular flexibility index (Phi) is 9.67. The van der Waals surface area contributed by atoms with Crippen LogP contribution in [-0.4, -0.2) is 38.0 Å². The molecule has 0 atom stereocenters. The molecule has 3 N–H and O–H groups in total. The molecule has 168 valence electrons. The topological polar surface area (TPSA) is 65.5 Å². The summed E-state index contributed by atoms with van der Waals surface area (Å²) >= 11 is 0. The summed E-state index contributed by atoms with van der Waals surface area (Å²) in [6.07, 6.45) is 2.21. The normalized spacial score (nSPS) is 14.4. The fraction of sp³-hybridized carbons (Fsp3) is 0.391. The van der Waals surface area contributed by atoms with E-state index in [9.17, 15) is 13.6 Å². The molecule has 2 aromatic rings. The van der Waals surface area contributed by atoms with Gasteiger partial charge < -0.3 is 16.0 Å². The third-order valence-electron chi connectivity index (χ3n) is 5.19. The number of halogens is 3. The standard InChI is InChI=1S/C23H28F2N4O.HI/c1-2-26-22(29-16-23(10-11-23)18-4-3-5-20(25)15-18)28-13-12-27-21(30)14-17-6-8-19(24)9-7-17;/h3-9,15H,2,10-14,16H2,1H3,(H,27,30)(H2,26,28,29);1H. The van der Waals surface area contributed by atoms with Crippen LogP contribution in [0.2, 0.25) is 0 Å². The summed E-state index contributed by atoms with van der Waals surface area (Å²) in [6.45, 7) is 4.26. The van der Waals surface area contributed by atoms with Crippen molar-refractivity contribution in [3.63, 3.8) is 0 Å². The third-order valence-corrected chi connectivity index (χ3v) is 5.19. The largest absolute Gasteiger partial charge is 0.357 e. The molecule has 31 heavy (non-hydrogen) atoms. The second-order valence-corrected chi connectivity index (χ2v) is 7.57. The Hall–Kier alpha value is -2.23. The van der Waals surface area contributed by atoms with Crippen LogP contribution in [0.1, 0.15) is 30.9 Å². The lowest BCUT2D eigenvalue weighted by Gasteiger charge is -2.16. The minimum absolute atomic E-state index is 0. The van der Waals surface area contributed by atoms with Gasteiger partial charge in [0, 0.05) is 25.0 Å². The Morgan fingerprint density at radius 1 is 1.00 bits per heavy atom. The van der Waals surface area contributed by atoms with Crippen LogP contribution < -0.4 is 16.0 Å². The predicted molar refractivity (Wildman–Crippen MR) is 130 cm³/mol. The highest BCUT2D eigenvalue weighted by molar-refractivity contribution is 14.0. The first-order valence-corrected chi connectivity index (χ1v) is 10.3. The number of aliphatic imine (C=N–C) groups is 1. The molecular weight excluding hydrogens is 513 g/mol. The fourth-order valence-electron chi connectivity index (χ4n) is 3.31. The van der Waals surface area contributed by atoms with Gasteiger partial charge in [0.25, 0.3) is 0 Å². The lowest BCUT2D eigenvalue weighted by molar-refractivity contribution is -0.120. The Morgan fingerprint density at radius 3 is 2.35 bits per heavy atom. The van der Waals surface area contributed by atoms with Crippen molar-refractivity contribution in [2.75, 3.05) is 26.2 Å². The molecule has 1 aliphatic rings. The van der Waals surface area contributed by atoms with Gasteiger partial charge in [-0.3, -0.25) is 9.79 Å². The molecule has 0 radical (unpaired) electrons. The Labute approximate surface area is 199 Å². The van der Waals surface area contributed by atoms with E-state index >= 15 is 0 Å². The number of carbonyl (C=O) groups is 1. The lowest BCUT2D eigenvalue weighted by Crippen LogP contribution is -2.42. The molecule has 0 bridgehead atoms. The summed E-state index contributed by atoms with van der Waals surface area (Å²) in [5.41, 5.74) is 1.69. The van der Waals surface area contributed by atoms with Crippen molar-refractivity contribution < 1.29 is 13.6 Å². The van der Waals surface area contributed by atoms with Gasteiger partial charge in [-0.15, -0.1) is 24.0 Å². The van der Waals surface area contributed by atoms with E-state index in [0.717, 1.165) is 30.5 Å². The zero-order valence-electron chi connectivity index (χ0n) is 17.6. The first-order valence-electron chi connectivity index (χ1n) is 10.3. The van der Waals surface area contributed by atoms with E-state index < -0.39 is 0 Å². The average molecular weight is 542 g/mol. The van der Waals surface area contributed by atoms with E-state index in [0.29, 0.717) is 25.6 Å². The molecule has 0 unspecified atom stereocenters. The van der Waals surface area contributed by atoms with Crippen LogP contribution in [0.5, 0.6) is 0 Å². The van der Waals surface area contributed by atoms with Crippen molar-refractivity contribution in [1.29, 1.82) is 0 Å². The molecule has 3 rings (SSSR count). The molecular formula is C23H29F2IN4O. The number of rotatable bonds is 9. The van der Waals surface area contributed by atoms with E-state index in [-0.39, 0.29) is 53.4 Å². The van der Waals surface area contributed by atoms with Gasteiger partial charge in [-0.05, 0) is 55.2 Å². The Balaban J connectivity index is 0.00000341. The van der Waals surface area contributed by atoms with Gasteiger partial charge >= 0.3 is 0 Å². The minimum atomic E-state index is -0.316. The van der Waals surface area contributed by atoms with Crippen molar-refractivity contribution in [3.8, 4) is 0 Å². The Morgan fingerprint density at radius 2 is 1.71 bits per heavy atom. The number of benzene rings is 2. The van der Waals surface area contributed by atoms with E-state index in [1.165, 1.54) is 18.2 Å². The van der Waals surface area contributed by atoms with Gasteiger partial charge in [0.15, 0.2) is 5.96 Å². The van der Waals surface area contributed by atoms with Crippen molar-refractivity contribution >= 4 is 35.8 Å². The highest BCUT2D eigenvalue weighted by atomic mass is 127. The SMILES string of the molecule is CCNC(=NCC1(c2cccc(F)c2)CC1)NCCNC(=O)Cc1ccc(F)cc1.I. The number of carbonyl (C=O) groups excluding carboxylic acids is 1. The number of guanidine groups is 1. The van der Waals surface area contributed by atoms with Crippen LogP contribution in [0.25, 0.3) is 0 Å². The monoisotopic (exact) mass is 542 g/mol. The van der Waals surface area contributed by atoms with Crippen LogP contribution in [0.3, 0.4) is 0 Å². The zero-order chi connectivity index (χ0) is 21.4. The predicted octanol–water partition coefficient (Wildman–Crippen LogP) is 3.53. The van der Waals surface area contributed by atoms with Crippen molar-refractivity contribution in [2.24, 2.45) is 4.99 Å². The van der Waals surface area contributed by atoms with Crippen molar-refractivity contribution in [1.82, 2.24) is 16.0 Å². The smallest absolute Gasteiger partial charge is 0.224 e. The van der Waals surface area contributed by atoms with Crippen LogP contribution >= 0.6 is 24.0 Å². The van der Waals surface area contributed by atoms with E-state index in [1.807, 2.05) is 13.0 Å². The van der Waals surface area contributed by atoms with Crippen LogP contribution in [0, 0.1) is 11.6 Å². The highest BCUT2D eigenvalue weighted by Gasteiger charge is 2.44. The lowest BCUT2D eigenvalue weighted by atomic mass is 9.96. The molecule has 5 nitrogen and oxygen atoms in total.